The largest absolute Gasteiger partial charge is 0.484 e. The van der Waals surface area contributed by atoms with Gasteiger partial charge in [-0.1, -0.05) is 15.9 Å². The van der Waals surface area contributed by atoms with Gasteiger partial charge in [-0.3, -0.25) is 35.9 Å². The Kier molecular flexibility index (Phi) is 8.30. The molecular weight excluding hydrogens is 468 g/mol. The van der Waals surface area contributed by atoms with Gasteiger partial charge >= 0.3 is 0 Å². The van der Waals surface area contributed by atoms with Gasteiger partial charge in [-0.05, 0) is 48.6 Å². The van der Waals surface area contributed by atoms with Crippen LogP contribution in [0.4, 0.5) is 5.69 Å². The summed E-state index contributed by atoms with van der Waals surface area (Å²) in [6.45, 7) is -0.630. The van der Waals surface area contributed by atoms with Crippen LogP contribution in [0, 0.1) is 10.1 Å². The molecule has 2 amide bonds. The van der Waals surface area contributed by atoms with Crippen molar-refractivity contribution in [1.82, 2.24) is 16.2 Å². The summed E-state index contributed by atoms with van der Waals surface area (Å²) < 4.78 is 11.4. The van der Waals surface area contributed by atoms with Crippen molar-refractivity contribution in [1.29, 1.82) is 0 Å². The second kappa shape index (κ2) is 10.9. The van der Waals surface area contributed by atoms with Crippen molar-refractivity contribution in [3.05, 3.63) is 63.1 Å². The van der Waals surface area contributed by atoms with Gasteiger partial charge in [-0.25, -0.2) is 0 Å². The average Bonchev–Trinajstić information content (AvgIpc) is 2.70. The van der Waals surface area contributed by atoms with Crippen molar-refractivity contribution < 1.29 is 24.0 Å². The maximum atomic E-state index is 11.8. The number of carbonyl (C=O) groups excluding carboxylic acids is 2. The second-order valence-corrected chi connectivity index (χ2v) is 6.66. The molecule has 0 aliphatic heterocycles. The summed E-state index contributed by atoms with van der Waals surface area (Å²) >= 11 is 8.18. The Hall–Kier alpha value is -3.25. The van der Waals surface area contributed by atoms with Crippen molar-refractivity contribution in [3.8, 4) is 11.5 Å². The molecule has 0 fully saturated rings. The lowest BCUT2D eigenvalue weighted by Gasteiger charge is -2.12. The van der Waals surface area contributed by atoms with Gasteiger partial charge < -0.3 is 9.47 Å². The molecule has 2 rings (SSSR count). The van der Waals surface area contributed by atoms with E-state index in [1.165, 1.54) is 24.3 Å². The first-order chi connectivity index (χ1) is 13.8. The Morgan fingerprint density at radius 3 is 2.00 bits per heavy atom. The highest BCUT2D eigenvalue weighted by atomic mass is 79.9. The van der Waals surface area contributed by atoms with Crippen molar-refractivity contribution in [2.75, 3.05) is 13.2 Å². The Morgan fingerprint density at radius 2 is 1.45 bits per heavy atom. The number of amides is 2. The number of benzene rings is 2. The number of thiocarbonyl (C=S) groups is 1. The lowest BCUT2D eigenvalue weighted by Crippen LogP contribution is -2.50. The fourth-order valence-corrected chi connectivity index (χ4v) is 2.28. The standard InChI is InChI=1S/C17H15BrN4O6S/c18-11-1-5-13(6-2-11)27-9-15(23)19-17(29)21-20-16(24)10-28-14-7-3-12(4-8-14)22(25)26/h1-8H,9-10H2,(H,20,24)(H2,19,21,23,29). The topological polar surface area (TPSA) is 132 Å². The Balaban J connectivity index is 1.64. The molecule has 0 aliphatic rings. The minimum atomic E-state index is -0.578. The lowest BCUT2D eigenvalue weighted by atomic mass is 10.3. The fourth-order valence-electron chi connectivity index (χ4n) is 1.85. The first-order valence-corrected chi connectivity index (χ1v) is 9.18. The third-order valence-electron chi connectivity index (χ3n) is 3.17. The number of carbonyl (C=O) groups is 2. The van der Waals surface area contributed by atoms with Crippen LogP contribution in [0.25, 0.3) is 0 Å². The van der Waals surface area contributed by atoms with Gasteiger partial charge in [-0.15, -0.1) is 0 Å². The zero-order chi connectivity index (χ0) is 21.2. The van der Waals surface area contributed by atoms with Gasteiger partial charge in [0.2, 0.25) is 0 Å². The van der Waals surface area contributed by atoms with Gasteiger partial charge in [-0.2, -0.15) is 0 Å². The first kappa shape index (κ1) is 22.0. The van der Waals surface area contributed by atoms with Crippen LogP contribution in [0.5, 0.6) is 11.5 Å². The van der Waals surface area contributed by atoms with Crippen molar-refractivity contribution in [2.24, 2.45) is 0 Å². The van der Waals surface area contributed by atoms with Crippen LogP contribution in [0.2, 0.25) is 0 Å². The molecule has 2 aromatic rings. The van der Waals surface area contributed by atoms with E-state index in [1.54, 1.807) is 24.3 Å². The fraction of sp³-hybridized carbons (Fsp3) is 0.118. The number of halogens is 1. The minimum absolute atomic E-state index is 0.0892. The third kappa shape index (κ3) is 8.11. The predicted octanol–water partition coefficient (Wildman–Crippen LogP) is 1.84. The Labute approximate surface area is 178 Å². The van der Waals surface area contributed by atoms with Crippen LogP contribution in [-0.4, -0.2) is 35.1 Å². The maximum absolute atomic E-state index is 11.8. The summed E-state index contributed by atoms with van der Waals surface area (Å²) in [4.78, 5) is 33.5. The highest BCUT2D eigenvalue weighted by Gasteiger charge is 2.09. The lowest BCUT2D eigenvalue weighted by molar-refractivity contribution is -0.384. The van der Waals surface area contributed by atoms with Crippen molar-refractivity contribution in [3.63, 3.8) is 0 Å². The molecule has 0 bridgehead atoms. The molecule has 0 radical (unpaired) electrons. The molecule has 0 saturated carbocycles. The number of ether oxygens (including phenoxy) is 2. The van der Waals surface area contributed by atoms with Gasteiger partial charge in [0.1, 0.15) is 11.5 Å². The van der Waals surface area contributed by atoms with Crippen LogP contribution in [0.3, 0.4) is 0 Å². The third-order valence-corrected chi connectivity index (χ3v) is 3.90. The van der Waals surface area contributed by atoms with Crippen LogP contribution in [-0.2, 0) is 9.59 Å². The van der Waals surface area contributed by atoms with Gasteiger partial charge in [0.25, 0.3) is 17.5 Å². The average molecular weight is 483 g/mol. The Bertz CT molecular complexity index is 892. The number of nitro groups is 1. The van der Waals surface area contributed by atoms with E-state index in [2.05, 4.69) is 32.1 Å². The van der Waals surface area contributed by atoms with E-state index in [1.807, 2.05) is 0 Å². The van der Waals surface area contributed by atoms with E-state index in [9.17, 15) is 19.7 Å². The molecule has 0 unspecified atom stereocenters. The van der Waals surface area contributed by atoms with Gasteiger partial charge in [0, 0.05) is 16.6 Å². The molecule has 0 spiro atoms. The molecule has 0 atom stereocenters. The molecule has 0 heterocycles. The number of hydrogen-bond acceptors (Lipinski definition) is 7. The van der Waals surface area contributed by atoms with Gasteiger partial charge in [0.05, 0.1) is 4.92 Å². The molecule has 2 aromatic carbocycles. The molecule has 0 saturated heterocycles. The SMILES string of the molecule is O=C(COc1ccc([N+](=O)[O-])cc1)NNC(=S)NC(=O)COc1ccc(Br)cc1. The summed E-state index contributed by atoms with van der Waals surface area (Å²) in [6, 6.07) is 12.2. The summed E-state index contributed by atoms with van der Waals surface area (Å²) in [5, 5.41) is 12.8. The number of nitrogens with one attached hydrogen (secondary N) is 3. The van der Waals surface area contributed by atoms with Crippen LogP contribution in [0.15, 0.2) is 53.0 Å². The van der Waals surface area contributed by atoms with E-state index >= 15 is 0 Å². The molecular formula is C17H15BrN4O6S. The van der Waals surface area contributed by atoms with Crippen LogP contribution >= 0.6 is 28.1 Å². The molecule has 12 heteroatoms. The number of hydrogen-bond donors (Lipinski definition) is 3. The number of hydrazine groups is 1. The molecule has 0 aliphatic carbocycles. The molecule has 10 nitrogen and oxygen atoms in total. The van der Waals surface area contributed by atoms with E-state index in [4.69, 9.17) is 21.7 Å². The maximum Gasteiger partial charge on any atom is 0.276 e. The highest BCUT2D eigenvalue weighted by Crippen LogP contribution is 2.17. The van der Waals surface area contributed by atoms with Crippen molar-refractivity contribution >= 4 is 50.8 Å². The normalized spacial score (nSPS) is 9.83. The number of nitrogens with zero attached hydrogens (tertiary/aromatic N) is 1. The Morgan fingerprint density at radius 1 is 0.931 bits per heavy atom. The molecule has 29 heavy (non-hydrogen) atoms. The zero-order valence-corrected chi connectivity index (χ0v) is 17.1. The smallest absolute Gasteiger partial charge is 0.276 e. The zero-order valence-electron chi connectivity index (χ0n) is 14.7. The summed E-state index contributed by atoms with van der Waals surface area (Å²) in [5.74, 6) is -0.293. The summed E-state index contributed by atoms with van der Waals surface area (Å²) in [7, 11) is 0. The summed E-state index contributed by atoms with van der Waals surface area (Å²) in [5.41, 5.74) is 4.50. The molecule has 152 valence electrons. The summed E-state index contributed by atoms with van der Waals surface area (Å²) in [6.07, 6.45) is 0. The van der Waals surface area contributed by atoms with E-state index in [0.717, 1.165) is 4.47 Å². The van der Waals surface area contributed by atoms with Gasteiger partial charge in [0.15, 0.2) is 18.3 Å². The first-order valence-electron chi connectivity index (χ1n) is 7.98. The number of non-ortho nitro benzene ring substituents is 1. The van der Waals surface area contributed by atoms with Crippen LogP contribution < -0.4 is 25.6 Å². The number of nitro benzene ring substituents is 1. The van der Waals surface area contributed by atoms with E-state index < -0.39 is 16.7 Å². The monoisotopic (exact) mass is 482 g/mol. The minimum Gasteiger partial charge on any atom is -0.484 e. The quantitative estimate of drug-likeness (QED) is 0.309. The van der Waals surface area contributed by atoms with Crippen LogP contribution in [0.1, 0.15) is 0 Å². The molecule has 3 N–H and O–H groups in total. The second-order valence-electron chi connectivity index (χ2n) is 5.33. The predicted molar refractivity (Wildman–Crippen MR) is 110 cm³/mol. The van der Waals surface area contributed by atoms with Crippen molar-refractivity contribution in [2.45, 2.75) is 0 Å². The van der Waals surface area contributed by atoms with E-state index in [0.29, 0.717) is 5.75 Å². The number of rotatable bonds is 7. The molecule has 0 aromatic heterocycles. The van der Waals surface area contributed by atoms with E-state index in [-0.39, 0.29) is 29.8 Å². The highest BCUT2D eigenvalue weighted by molar-refractivity contribution is 9.10.